The first-order valence-electron chi connectivity index (χ1n) is 6.67. The Hall–Kier alpha value is -2.04. The SMILES string of the molecule is CSc1ccc(Cl)c(C(=O)Nc2cccc3cccnc23)c1. The number of anilines is 1. The van der Waals surface area contributed by atoms with Crippen LogP contribution in [-0.4, -0.2) is 17.1 Å². The molecular weight excluding hydrogens is 316 g/mol. The number of hydrogen-bond acceptors (Lipinski definition) is 3. The molecule has 0 saturated carbocycles. The lowest BCUT2D eigenvalue weighted by molar-refractivity contribution is 0.102. The fraction of sp³-hybridized carbons (Fsp3) is 0.0588. The van der Waals surface area contributed by atoms with Crippen molar-refractivity contribution in [2.75, 3.05) is 11.6 Å². The Labute approximate surface area is 137 Å². The van der Waals surface area contributed by atoms with Gasteiger partial charge in [-0.1, -0.05) is 29.8 Å². The maximum atomic E-state index is 12.5. The van der Waals surface area contributed by atoms with E-state index in [1.54, 1.807) is 30.1 Å². The molecule has 22 heavy (non-hydrogen) atoms. The number of pyridine rings is 1. The lowest BCUT2D eigenvalue weighted by atomic mass is 10.1. The summed E-state index contributed by atoms with van der Waals surface area (Å²) >= 11 is 7.71. The first-order chi connectivity index (χ1) is 10.7. The van der Waals surface area contributed by atoms with Crippen LogP contribution >= 0.6 is 23.4 Å². The van der Waals surface area contributed by atoms with E-state index >= 15 is 0 Å². The zero-order valence-electron chi connectivity index (χ0n) is 11.8. The molecule has 5 heteroatoms. The highest BCUT2D eigenvalue weighted by molar-refractivity contribution is 7.98. The first-order valence-corrected chi connectivity index (χ1v) is 8.28. The summed E-state index contributed by atoms with van der Waals surface area (Å²) in [6, 6.07) is 14.9. The van der Waals surface area contributed by atoms with E-state index in [2.05, 4.69) is 10.3 Å². The average molecular weight is 329 g/mol. The van der Waals surface area contributed by atoms with Gasteiger partial charge in [-0.2, -0.15) is 0 Å². The number of nitrogens with zero attached hydrogens (tertiary/aromatic N) is 1. The van der Waals surface area contributed by atoms with Gasteiger partial charge in [0.2, 0.25) is 0 Å². The molecule has 1 N–H and O–H groups in total. The van der Waals surface area contributed by atoms with Gasteiger partial charge in [-0.25, -0.2) is 0 Å². The molecule has 1 aromatic heterocycles. The number of amides is 1. The standard InChI is InChI=1S/C17H13ClN2OS/c1-22-12-7-8-14(18)13(10-12)17(21)20-15-6-2-4-11-5-3-9-19-16(11)15/h2-10H,1H3,(H,20,21). The van der Waals surface area contributed by atoms with Crippen molar-refractivity contribution in [2.45, 2.75) is 4.90 Å². The molecule has 0 unspecified atom stereocenters. The Morgan fingerprint density at radius 1 is 1.18 bits per heavy atom. The third-order valence-corrected chi connectivity index (χ3v) is 4.35. The van der Waals surface area contributed by atoms with E-state index in [1.165, 1.54) is 0 Å². The highest BCUT2D eigenvalue weighted by Crippen LogP contribution is 2.25. The van der Waals surface area contributed by atoms with E-state index < -0.39 is 0 Å². The number of benzene rings is 2. The fourth-order valence-corrected chi connectivity index (χ4v) is 2.84. The molecule has 0 atom stereocenters. The molecule has 3 nitrogen and oxygen atoms in total. The molecule has 2 aromatic carbocycles. The van der Waals surface area contributed by atoms with Crippen LogP contribution in [0.3, 0.4) is 0 Å². The maximum Gasteiger partial charge on any atom is 0.257 e. The summed E-state index contributed by atoms with van der Waals surface area (Å²) in [5.41, 5.74) is 1.89. The number of carbonyl (C=O) groups is 1. The number of halogens is 1. The predicted octanol–water partition coefficient (Wildman–Crippen LogP) is 4.86. The number of nitrogens with one attached hydrogen (secondary N) is 1. The van der Waals surface area contributed by atoms with Crippen molar-refractivity contribution < 1.29 is 4.79 Å². The number of fused-ring (bicyclic) bond motifs is 1. The van der Waals surface area contributed by atoms with Crippen LogP contribution in [0.2, 0.25) is 5.02 Å². The first kappa shape index (κ1) is 14.9. The second-order valence-electron chi connectivity index (χ2n) is 4.68. The number of thioether (sulfide) groups is 1. The van der Waals surface area contributed by atoms with E-state index in [-0.39, 0.29) is 5.91 Å². The van der Waals surface area contributed by atoms with Crippen LogP contribution in [0.5, 0.6) is 0 Å². The molecule has 3 rings (SSSR count). The Morgan fingerprint density at radius 2 is 2.00 bits per heavy atom. The molecule has 3 aromatic rings. The van der Waals surface area contributed by atoms with E-state index in [0.717, 1.165) is 15.8 Å². The molecule has 110 valence electrons. The highest BCUT2D eigenvalue weighted by atomic mass is 35.5. The Balaban J connectivity index is 1.97. The summed E-state index contributed by atoms with van der Waals surface area (Å²) < 4.78 is 0. The molecule has 0 aliphatic rings. The minimum atomic E-state index is -0.237. The van der Waals surface area contributed by atoms with Crippen LogP contribution in [0.25, 0.3) is 10.9 Å². The van der Waals surface area contributed by atoms with Crippen molar-refractivity contribution in [2.24, 2.45) is 0 Å². The normalized spacial score (nSPS) is 10.6. The zero-order chi connectivity index (χ0) is 15.5. The minimum absolute atomic E-state index is 0.237. The average Bonchev–Trinajstić information content (AvgIpc) is 2.55. The number of hydrogen-bond donors (Lipinski definition) is 1. The topological polar surface area (TPSA) is 42.0 Å². The number of para-hydroxylation sites is 1. The van der Waals surface area contributed by atoms with Gasteiger partial charge in [0.15, 0.2) is 0 Å². The molecule has 1 amide bonds. The summed E-state index contributed by atoms with van der Waals surface area (Å²) in [5, 5.41) is 4.31. The van der Waals surface area contributed by atoms with E-state index in [9.17, 15) is 4.79 Å². The number of carbonyl (C=O) groups excluding carboxylic acids is 1. The van der Waals surface area contributed by atoms with Crippen LogP contribution in [0.15, 0.2) is 59.6 Å². The van der Waals surface area contributed by atoms with Crippen LogP contribution in [-0.2, 0) is 0 Å². The Bertz CT molecular complexity index is 846. The monoisotopic (exact) mass is 328 g/mol. The molecule has 0 spiro atoms. The maximum absolute atomic E-state index is 12.5. The molecule has 0 radical (unpaired) electrons. The van der Waals surface area contributed by atoms with Gasteiger partial charge in [-0.15, -0.1) is 11.8 Å². The molecule has 0 aliphatic carbocycles. The lowest BCUT2D eigenvalue weighted by Crippen LogP contribution is -2.13. The van der Waals surface area contributed by atoms with Gasteiger partial charge in [-0.3, -0.25) is 9.78 Å². The van der Waals surface area contributed by atoms with Gasteiger partial charge in [0.1, 0.15) is 0 Å². The van der Waals surface area contributed by atoms with Crippen molar-refractivity contribution in [3.8, 4) is 0 Å². The zero-order valence-corrected chi connectivity index (χ0v) is 13.4. The molecular formula is C17H13ClN2OS. The molecule has 1 heterocycles. The minimum Gasteiger partial charge on any atom is -0.320 e. The van der Waals surface area contributed by atoms with Crippen LogP contribution in [0.4, 0.5) is 5.69 Å². The lowest BCUT2D eigenvalue weighted by Gasteiger charge is -2.10. The summed E-state index contributed by atoms with van der Waals surface area (Å²) in [6.07, 6.45) is 3.67. The Morgan fingerprint density at radius 3 is 2.82 bits per heavy atom. The van der Waals surface area contributed by atoms with Gasteiger partial charge in [0, 0.05) is 16.5 Å². The van der Waals surface area contributed by atoms with Crippen molar-refractivity contribution in [1.29, 1.82) is 0 Å². The van der Waals surface area contributed by atoms with Gasteiger partial charge in [0.25, 0.3) is 5.91 Å². The summed E-state index contributed by atoms with van der Waals surface area (Å²) in [7, 11) is 0. The van der Waals surface area contributed by atoms with Crippen molar-refractivity contribution in [1.82, 2.24) is 4.98 Å². The van der Waals surface area contributed by atoms with Gasteiger partial charge in [0.05, 0.1) is 21.8 Å². The third-order valence-electron chi connectivity index (χ3n) is 3.30. The van der Waals surface area contributed by atoms with Crippen molar-refractivity contribution in [3.63, 3.8) is 0 Å². The predicted molar refractivity (Wildman–Crippen MR) is 92.9 cm³/mol. The fourth-order valence-electron chi connectivity index (χ4n) is 2.20. The van der Waals surface area contributed by atoms with E-state index in [1.807, 2.05) is 42.7 Å². The quantitative estimate of drug-likeness (QED) is 0.698. The largest absolute Gasteiger partial charge is 0.320 e. The highest BCUT2D eigenvalue weighted by Gasteiger charge is 2.13. The Kier molecular flexibility index (Phi) is 4.32. The molecule has 0 bridgehead atoms. The van der Waals surface area contributed by atoms with Gasteiger partial charge < -0.3 is 5.32 Å². The van der Waals surface area contributed by atoms with E-state index in [0.29, 0.717) is 16.3 Å². The van der Waals surface area contributed by atoms with Crippen molar-refractivity contribution in [3.05, 3.63) is 65.3 Å². The van der Waals surface area contributed by atoms with Crippen LogP contribution in [0, 0.1) is 0 Å². The van der Waals surface area contributed by atoms with Gasteiger partial charge >= 0.3 is 0 Å². The molecule has 0 saturated heterocycles. The van der Waals surface area contributed by atoms with Crippen LogP contribution < -0.4 is 5.32 Å². The summed E-state index contributed by atoms with van der Waals surface area (Å²) in [4.78, 5) is 17.8. The number of rotatable bonds is 3. The van der Waals surface area contributed by atoms with Gasteiger partial charge in [-0.05, 0) is 36.6 Å². The molecule has 0 fully saturated rings. The smallest absolute Gasteiger partial charge is 0.257 e. The van der Waals surface area contributed by atoms with E-state index in [4.69, 9.17) is 11.6 Å². The van der Waals surface area contributed by atoms with Crippen LogP contribution in [0.1, 0.15) is 10.4 Å². The number of aromatic nitrogens is 1. The second-order valence-corrected chi connectivity index (χ2v) is 5.97. The second kappa shape index (κ2) is 6.38. The van der Waals surface area contributed by atoms with Crippen molar-refractivity contribution >= 4 is 45.9 Å². The molecule has 0 aliphatic heterocycles. The third kappa shape index (κ3) is 2.93. The summed E-state index contributed by atoms with van der Waals surface area (Å²) in [6.45, 7) is 0. The summed E-state index contributed by atoms with van der Waals surface area (Å²) in [5.74, 6) is -0.237.